The van der Waals surface area contributed by atoms with Gasteiger partial charge in [-0.2, -0.15) is 0 Å². The lowest BCUT2D eigenvalue weighted by atomic mass is 9.73. The lowest BCUT2D eigenvalue weighted by molar-refractivity contribution is -0.144. The fraction of sp³-hybridized carbons (Fsp3) is 0.550. The molecule has 0 radical (unpaired) electrons. The molecule has 6 heteroatoms. The molecule has 0 bridgehead atoms. The monoisotopic (exact) mass is 371 g/mol. The van der Waals surface area contributed by atoms with E-state index < -0.39 is 5.41 Å². The first-order valence-electron chi connectivity index (χ1n) is 9.41. The molecule has 2 amide bonds. The average molecular weight is 372 g/mol. The maximum atomic E-state index is 13.0. The molecule has 1 spiro atoms. The number of aromatic nitrogens is 1. The molecule has 1 aliphatic carbocycles. The Labute approximate surface area is 158 Å². The van der Waals surface area contributed by atoms with E-state index in [2.05, 4.69) is 17.9 Å². The molecule has 2 heterocycles. The van der Waals surface area contributed by atoms with Crippen LogP contribution in [0, 0.1) is 5.41 Å². The fourth-order valence-corrected chi connectivity index (χ4v) is 5.31. The minimum atomic E-state index is -0.407. The maximum absolute atomic E-state index is 13.0. The Bertz CT molecular complexity index is 807. The van der Waals surface area contributed by atoms with Gasteiger partial charge in [0.15, 0.2) is 0 Å². The molecule has 2 aromatic rings. The first kappa shape index (κ1) is 17.6. The van der Waals surface area contributed by atoms with Crippen molar-refractivity contribution in [2.24, 2.45) is 5.41 Å². The minimum Gasteiger partial charge on any atom is -0.279 e. The van der Waals surface area contributed by atoms with Crippen molar-refractivity contribution < 1.29 is 9.59 Å². The van der Waals surface area contributed by atoms with Crippen LogP contribution in [0.1, 0.15) is 56.5 Å². The maximum Gasteiger partial charge on any atom is 0.237 e. The largest absolute Gasteiger partial charge is 0.279 e. The van der Waals surface area contributed by atoms with Gasteiger partial charge in [-0.3, -0.25) is 19.4 Å². The SMILES string of the molecule is CC(c1nc2ccccc2s1)N(C)CN1C(=O)CC2(CCCCC2)C1=O. The molecule has 1 unspecified atom stereocenters. The zero-order chi connectivity index (χ0) is 18.3. The third-order valence-electron chi connectivity index (χ3n) is 5.99. The van der Waals surface area contributed by atoms with Crippen LogP contribution in [0.3, 0.4) is 0 Å². The molecule has 1 atom stereocenters. The number of fused-ring (bicyclic) bond motifs is 1. The van der Waals surface area contributed by atoms with Crippen LogP contribution in [0.5, 0.6) is 0 Å². The molecule has 1 aliphatic heterocycles. The quantitative estimate of drug-likeness (QED) is 0.764. The summed E-state index contributed by atoms with van der Waals surface area (Å²) in [6.07, 6.45) is 5.43. The molecule has 26 heavy (non-hydrogen) atoms. The topological polar surface area (TPSA) is 53.5 Å². The van der Waals surface area contributed by atoms with E-state index in [1.807, 2.05) is 25.2 Å². The number of benzene rings is 1. The normalized spacial score (nSPS) is 21.3. The molecule has 0 N–H and O–H groups in total. The van der Waals surface area contributed by atoms with Crippen molar-refractivity contribution in [2.45, 2.75) is 51.5 Å². The van der Waals surface area contributed by atoms with E-state index in [9.17, 15) is 9.59 Å². The second-order valence-electron chi connectivity index (χ2n) is 7.74. The van der Waals surface area contributed by atoms with Gasteiger partial charge in [-0.1, -0.05) is 31.4 Å². The van der Waals surface area contributed by atoms with E-state index in [1.54, 1.807) is 11.3 Å². The number of rotatable bonds is 4. The number of thiazole rings is 1. The Morgan fingerprint density at radius 1 is 1.23 bits per heavy atom. The second kappa shape index (κ2) is 6.74. The number of hydrogen-bond acceptors (Lipinski definition) is 5. The van der Waals surface area contributed by atoms with Crippen LogP contribution in [0.2, 0.25) is 0 Å². The van der Waals surface area contributed by atoms with Crippen molar-refractivity contribution in [3.05, 3.63) is 29.3 Å². The molecule has 1 aromatic heterocycles. The van der Waals surface area contributed by atoms with Gasteiger partial charge in [0.2, 0.25) is 11.8 Å². The van der Waals surface area contributed by atoms with Crippen LogP contribution in [0.15, 0.2) is 24.3 Å². The van der Waals surface area contributed by atoms with Crippen LogP contribution in [0.4, 0.5) is 0 Å². The van der Waals surface area contributed by atoms with Crippen LogP contribution >= 0.6 is 11.3 Å². The number of likely N-dealkylation sites (tertiary alicyclic amines) is 1. The Hall–Kier alpha value is -1.79. The molecule has 138 valence electrons. The van der Waals surface area contributed by atoms with Gasteiger partial charge in [0.05, 0.1) is 28.3 Å². The Morgan fingerprint density at radius 2 is 1.96 bits per heavy atom. The van der Waals surface area contributed by atoms with Crippen molar-refractivity contribution in [1.82, 2.24) is 14.8 Å². The standard InChI is InChI=1S/C20H25N3O2S/c1-14(18-21-15-8-4-5-9-16(15)26-18)22(2)13-23-17(24)12-20(19(23)25)10-6-3-7-11-20/h4-5,8-9,14H,3,6-7,10-13H2,1-2H3. The molecule has 5 nitrogen and oxygen atoms in total. The average Bonchev–Trinajstić information content (AvgIpc) is 3.17. The zero-order valence-electron chi connectivity index (χ0n) is 15.4. The van der Waals surface area contributed by atoms with Gasteiger partial charge in [0.25, 0.3) is 0 Å². The highest BCUT2D eigenvalue weighted by molar-refractivity contribution is 7.18. The molecule has 1 saturated heterocycles. The lowest BCUT2D eigenvalue weighted by Crippen LogP contribution is -2.43. The van der Waals surface area contributed by atoms with E-state index in [-0.39, 0.29) is 17.9 Å². The second-order valence-corrected chi connectivity index (χ2v) is 8.80. The number of para-hydroxylation sites is 1. The summed E-state index contributed by atoms with van der Waals surface area (Å²) in [5.41, 5.74) is 0.595. The van der Waals surface area contributed by atoms with Gasteiger partial charge in [0.1, 0.15) is 5.01 Å². The fourth-order valence-electron chi connectivity index (χ4n) is 4.23. The van der Waals surface area contributed by atoms with Crippen molar-refractivity contribution in [2.75, 3.05) is 13.7 Å². The summed E-state index contributed by atoms with van der Waals surface area (Å²) in [6, 6.07) is 8.15. The number of hydrogen-bond donors (Lipinski definition) is 0. The molecular formula is C20H25N3O2S. The molecule has 1 aromatic carbocycles. The zero-order valence-corrected chi connectivity index (χ0v) is 16.2. The Kier molecular flexibility index (Phi) is 4.57. The third kappa shape index (κ3) is 2.95. The summed E-state index contributed by atoms with van der Waals surface area (Å²) in [5, 5.41) is 1.01. The van der Waals surface area contributed by atoms with Gasteiger partial charge >= 0.3 is 0 Å². The lowest BCUT2D eigenvalue weighted by Gasteiger charge is -2.32. The number of carbonyl (C=O) groups is 2. The predicted octanol–water partition coefficient (Wildman–Crippen LogP) is 3.96. The van der Waals surface area contributed by atoms with E-state index in [0.29, 0.717) is 13.1 Å². The van der Waals surface area contributed by atoms with E-state index >= 15 is 0 Å². The molecule has 1 saturated carbocycles. The summed E-state index contributed by atoms with van der Waals surface area (Å²) in [6.45, 7) is 2.43. The van der Waals surface area contributed by atoms with Crippen LogP contribution in [0.25, 0.3) is 10.2 Å². The van der Waals surface area contributed by atoms with Crippen molar-refractivity contribution in [1.29, 1.82) is 0 Å². The first-order chi connectivity index (χ1) is 12.5. The van der Waals surface area contributed by atoms with E-state index in [1.165, 1.54) is 11.3 Å². The highest BCUT2D eigenvalue weighted by Gasteiger charge is 2.51. The third-order valence-corrected chi connectivity index (χ3v) is 7.20. The smallest absolute Gasteiger partial charge is 0.237 e. The predicted molar refractivity (Wildman–Crippen MR) is 103 cm³/mol. The molecular weight excluding hydrogens is 346 g/mol. The highest BCUT2D eigenvalue weighted by Crippen LogP contribution is 2.45. The number of carbonyl (C=O) groups excluding carboxylic acids is 2. The Morgan fingerprint density at radius 3 is 2.69 bits per heavy atom. The minimum absolute atomic E-state index is 0.0137. The number of amides is 2. The van der Waals surface area contributed by atoms with Gasteiger partial charge in [0, 0.05) is 6.42 Å². The van der Waals surface area contributed by atoms with Crippen molar-refractivity contribution in [3.8, 4) is 0 Å². The number of imide groups is 1. The van der Waals surface area contributed by atoms with Gasteiger partial charge in [-0.25, -0.2) is 4.98 Å². The van der Waals surface area contributed by atoms with Crippen LogP contribution in [-0.4, -0.2) is 40.3 Å². The highest BCUT2D eigenvalue weighted by atomic mass is 32.1. The van der Waals surface area contributed by atoms with Crippen LogP contribution < -0.4 is 0 Å². The first-order valence-corrected chi connectivity index (χ1v) is 10.2. The van der Waals surface area contributed by atoms with Gasteiger partial charge < -0.3 is 0 Å². The molecule has 2 aliphatic rings. The summed E-state index contributed by atoms with van der Waals surface area (Å²) < 4.78 is 1.16. The molecule has 2 fully saturated rings. The number of nitrogens with zero attached hydrogens (tertiary/aromatic N) is 3. The van der Waals surface area contributed by atoms with Crippen molar-refractivity contribution >= 4 is 33.4 Å². The summed E-state index contributed by atoms with van der Waals surface area (Å²) in [5.74, 6) is 0.0331. The van der Waals surface area contributed by atoms with Gasteiger partial charge in [-0.05, 0) is 38.9 Å². The summed E-state index contributed by atoms with van der Waals surface area (Å²) in [4.78, 5) is 33.8. The van der Waals surface area contributed by atoms with Crippen LogP contribution in [-0.2, 0) is 9.59 Å². The Balaban J connectivity index is 1.49. The molecule has 4 rings (SSSR count). The van der Waals surface area contributed by atoms with Crippen molar-refractivity contribution in [3.63, 3.8) is 0 Å². The van der Waals surface area contributed by atoms with Gasteiger partial charge in [-0.15, -0.1) is 11.3 Å². The van der Waals surface area contributed by atoms with E-state index in [0.717, 1.165) is 40.9 Å². The summed E-state index contributed by atoms with van der Waals surface area (Å²) in [7, 11) is 1.96. The van der Waals surface area contributed by atoms with E-state index in [4.69, 9.17) is 4.98 Å². The summed E-state index contributed by atoms with van der Waals surface area (Å²) >= 11 is 1.67.